The van der Waals surface area contributed by atoms with Gasteiger partial charge in [-0.25, -0.2) is 9.37 Å². The first kappa shape index (κ1) is 17.0. The van der Waals surface area contributed by atoms with Crippen LogP contribution in [-0.4, -0.2) is 39.6 Å². The van der Waals surface area contributed by atoms with Crippen LogP contribution in [0.2, 0.25) is 0 Å². The van der Waals surface area contributed by atoms with Crippen molar-refractivity contribution in [2.45, 2.75) is 25.0 Å². The van der Waals surface area contributed by atoms with Gasteiger partial charge in [0.25, 0.3) is 0 Å². The Bertz CT molecular complexity index is 767. The Hall–Kier alpha value is -2.81. The minimum absolute atomic E-state index is 0.159. The molecule has 1 saturated carbocycles. The molecule has 8 nitrogen and oxygen atoms in total. The lowest BCUT2D eigenvalue weighted by Gasteiger charge is -2.21. The van der Waals surface area contributed by atoms with Crippen LogP contribution in [0.3, 0.4) is 0 Å². The zero-order chi connectivity index (χ0) is 18.0. The van der Waals surface area contributed by atoms with Crippen molar-refractivity contribution < 1.29 is 14.4 Å². The van der Waals surface area contributed by atoms with Gasteiger partial charge in [0.05, 0.1) is 17.6 Å². The number of nitrogens with one attached hydrogen (secondary N) is 1. The molecule has 0 radical (unpaired) electrons. The molecule has 0 spiro atoms. The normalized spacial score (nSPS) is 14.8. The lowest BCUT2D eigenvalue weighted by Crippen LogP contribution is -2.26. The maximum absolute atomic E-state index is 13.0. The number of anilines is 2. The lowest BCUT2D eigenvalue weighted by atomic mass is 10.1. The van der Waals surface area contributed by atoms with Gasteiger partial charge in [0.2, 0.25) is 11.8 Å². The van der Waals surface area contributed by atoms with E-state index in [4.69, 9.17) is 0 Å². The Morgan fingerprint density at radius 1 is 1.44 bits per heavy atom. The highest BCUT2D eigenvalue weighted by Crippen LogP contribution is 2.30. The van der Waals surface area contributed by atoms with E-state index in [0.29, 0.717) is 5.56 Å². The summed E-state index contributed by atoms with van der Waals surface area (Å²) >= 11 is 0. The molecule has 0 saturated heterocycles. The quantitative estimate of drug-likeness (QED) is 0.585. The molecule has 1 fully saturated rings. The van der Waals surface area contributed by atoms with Crippen LogP contribution in [0.4, 0.5) is 21.8 Å². The summed E-state index contributed by atoms with van der Waals surface area (Å²) in [4.78, 5) is 20.4. The van der Waals surface area contributed by atoms with Crippen molar-refractivity contribution in [2.75, 3.05) is 23.8 Å². The van der Waals surface area contributed by atoms with Gasteiger partial charge in [-0.05, 0) is 30.5 Å². The number of likely N-dealkylation sites (N-methyl/N-ethyl adjacent to an activating group) is 1. The van der Waals surface area contributed by atoms with Crippen LogP contribution in [0.5, 0.6) is 0 Å². The highest BCUT2D eigenvalue weighted by atomic mass is 19.1. The number of nitro groups is 1. The number of benzene rings is 1. The Morgan fingerprint density at radius 3 is 2.72 bits per heavy atom. The zero-order valence-electron chi connectivity index (χ0n) is 13.6. The van der Waals surface area contributed by atoms with E-state index in [-0.39, 0.29) is 35.9 Å². The van der Waals surface area contributed by atoms with Gasteiger partial charge in [0.15, 0.2) is 0 Å². The summed E-state index contributed by atoms with van der Waals surface area (Å²) in [6, 6.07) is 5.77. The Kier molecular flexibility index (Phi) is 4.75. The van der Waals surface area contributed by atoms with E-state index in [0.717, 1.165) is 19.0 Å². The van der Waals surface area contributed by atoms with Crippen molar-refractivity contribution >= 4 is 17.5 Å². The van der Waals surface area contributed by atoms with Gasteiger partial charge in [0, 0.05) is 13.1 Å². The smallest absolute Gasteiger partial charge is 0.329 e. The summed E-state index contributed by atoms with van der Waals surface area (Å²) in [5.41, 5.74) is 0.384. The molecule has 1 aliphatic carbocycles. The van der Waals surface area contributed by atoms with Crippen LogP contribution in [-0.2, 0) is 0 Å². The second kappa shape index (κ2) is 6.98. The summed E-state index contributed by atoms with van der Waals surface area (Å²) in [6.45, 7) is 0.159. The van der Waals surface area contributed by atoms with Crippen LogP contribution in [0, 0.1) is 15.9 Å². The predicted molar refractivity (Wildman–Crippen MR) is 90.0 cm³/mol. The molecule has 2 aromatic rings. The van der Waals surface area contributed by atoms with Crippen LogP contribution >= 0.6 is 0 Å². The van der Waals surface area contributed by atoms with Crippen molar-refractivity contribution in [1.82, 2.24) is 9.97 Å². The van der Waals surface area contributed by atoms with Gasteiger partial charge >= 0.3 is 5.69 Å². The average Bonchev–Trinajstić information content (AvgIpc) is 3.39. The fraction of sp³-hybridized carbons (Fsp3) is 0.375. The first-order valence-corrected chi connectivity index (χ1v) is 7.86. The third-order valence-electron chi connectivity index (χ3n) is 3.91. The van der Waals surface area contributed by atoms with Crippen molar-refractivity contribution in [1.29, 1.82) is 0 Å². The number of hydrogen-bond donors (Lipinski definition) is 2. The minimum atomic E-state index is -0.871. The molecule has 0 aliphatic heterocycles. The molecule has 1 aromatic heterocycles. The summed E-state index contributed by atoms with van der Waals surface area (Å²) in [6.07, 6.45) is 2.20. The topological polar surface area (TPSA) is 104 Å². The van der Waals surface area contributed by atoms with Gasteiger partial charge < -0.3 is 15.3 Å². The molecular weight excluding hydrogens is 329 g/mol. The number of aromatic nitrogens is 2. The zero-order valence-corrected chi connectivity index (χ0v) is 13.6. The van der Waals surface area contributed by atoms with E-state index in [1.165, 1.54) is 24.3 Å². The van der Waals surface area contributed by atoms with Crippen molar-refractivity contribution in [3.05, 3.63) is 52.0 Å². The largest absolute Gasteiger partial charge is 0.387 e. The summed E-state index contributed by atoms with van der Waals surface area (Å²) in [5, 5.41) is 24.4. The molecular formula is C16H18FN5O3. The summed E-state index contributed by atoms with van der Waals surface area (Å²) < 4.78 is 13.0. The van der Waals surface area contributed by atoms with E-state index in [1.807, 2.05) is 0 Å². The van der Waals surface area contributed by atoms with Crippen LogP contribution < -0.4 is 10.2 Å². The molecule has 9 heteroatoms. The van der Waals surface area contributed by atoms with Crippen molar-refractivity contribution in [3.63, 3.8) is 0 Å². The Balaban J connectivity index is 1.75. The molecule has 1 heterocycles. The second-order valence-corrected chi connectivity index (χ2v) is 6.03. The molecule has 1 unspecified atom stereocenters. The number of aliphatic hydroxyl groups excluding tert-OH is 1. The van der Waals surface area contributed by atoms with Crippen molar-refractivity contribution in [2.24, 2.45) is 0 Å². The van der Waals surface area contributed by atoms with Gasteiger partial charge in [-0.3, -0.25) is 10.1 Å². The van der Waals surface area contributed by atoms with Gasteiger partial charge in [-0.1, -0.05) is 12.1 Å². The molecule has 2 N–H and O–H groups in total. The number of rotatable bonds is 7. The SMILES string of the molecule is CN(CC(O)c1ccc(F)cc1)c1ncc([N+](=O)[O-])c(NC2CC2)n1. The second-order valence-electron chi connectivity index (χ2n) is 6.03. The third kappa shape index (κ3) is 4.18. The molecule has 1 atom stereocenters. The van der Waals surface area contributed by atoms with Gasteiger partial charge in [-0.15, -0.1) is 0 Å². The monoisotopic (exact) mass is 347 g/mol. The fourth-order valence-corrected chi connectivity index (χ4v) is 2.34. The number of aliphatic hydroxyl groups is 1. The number of nitrogens with zero attached hydrogens (tertiary/aromatic N) is 4. The maximum atomic E-state index is 13.0. The fourth-order valence-electron chi connectivity index (χ4n) is 2.34. The first-order chi connectivity index (χ1) is 11.9. The summed E-state index contributed by atoms with van der Waals surface area (Å²) in [5.74, 6) is 0.0642. The molecule has 0 amide bonds. The first-order valence-electron chi connectivity index (χ1n) is 7.86. The van der Waals surface area contributed by atoms with E-state index in [9.17, 15) is 19.6 Å². The van der Waals surface area contributed by atoms with Crippen LogP contribution in [0.1, 0.15) is 24.5 Å². The van der Waals surface area contributed by atoms with Crippen LogP contribution in [0.25, 0.3) is 0 Å². The van der Waals surface area contributed by atoms with Crippen molar-refractivity contribution in [3.8, 4) is 0 Å². The maximum Gasteiger partial charge on any atom is 0.329 e. The minimum Gasteiger partial charge on any atom is -0.387 e. The lowest BCUT2D eigenvalue weighted by molar-refractivity contribution is -0.384. The standard InChI is InChI=1S/C16H18FN5O3/c1-21(9-14(23)10-2-4-11(17)5-3-10)16-18-8-13(22(24)25)15(20-16)19-12-6-7-12/h2-5,8,12,14,23H,6-7,9H2,1H3,(H,18,19,20). The molecule has 1 aliphatic rings. The number of hydrogen-bond acceptors (Lipinski definition) is 7. The highest BCUT2D eigenvalue weighted by molar-refractivity contribution is 5.58. The van der Waals surface area contributed by atoms with Gasteiger partial charge in [0.1, 0.15) is 12.0 Å². The number of halogens is 1. The summed E-state index contributed by atoms with van der Waals surface area (Å²) in [7, 11) is 1.68. The third-order valence-corrected chi connectivity index (χ3v) is 3.91. The van der Waals surface area contributed by atoms with E-state index in [2.05, 4.69) is 15.3 Å². The predicted octanol–water partition coefficient (Wildman–Crippen LogP) is 2.27. The Morgan fingerprint density at radius 2 is 2.12 bits per heavy atom. The molecule has 132 valence electrons. The highest BCUT2D eigenvalue weighted by Gasteiger charge is 2.27. The van der Waals surface area contributed by atoms with E-state index < -0.39 is 11.0 Å². The molecule has 1 aromatic carbocycles. The molecule has 25 heavy (non-hydrogen) atoms. The Labute approximate surface area is 143 Å². The average molecular weight is 347 g/mol. The van der Waals surface area contributed by atoms with E-state index >= 15 is 0 Å². The van der Waals surface area contributed by atoms with Gasteiger partial charge in [-0.2, -0.15) is 4.98 Å². The van der Waals surface area contributed by atoms with E-state index in [1.54, 1.807) is 11.9 Å². The molecule has 3 rings (SSSR count). The van der Waals surface area contributed by atoms with Crippen LogP contribution in [0.15, 0.2) is 30.5 Å². The molecule has 0 bridgehead atoms.